The first-order chi connectivity index (χ1) is 18.3. The molecule has 0 radical (unpaired) electrons. The van der Waals surface area contributed by atoms with Gasteiger partial charge < -0.3 is 9.47 Å². The lowest BCUT2D eigenvalue weighted by Gasteiger charge is -2.58. The predicted octanol–water partition coefficient (Wildman–Crippen LogP) is 10.2. The zero-order chi connectivity index (χ0) is 26.8. The fourth-order valence-electron chi connectivity index (χ4n) is 9.40. The van der Waals surface area contributed by atoms with Crippen molar-refractivity contribution in [1.82, 2.24) is 0 Å². The number of benzene rings is 1. The Bertz CT molecular complexity index is 997. The quantitative estimate of drug-likeness (QED) is 0.141. The molecule has 4 aliphatic rings. The first-order valence-electron chi connectivity index (χ1n) is 16.0. The lowest BCUT2D eigenvalue weighted by Crippen LogP contribution is -2.50. The van der Waals surface area contributed by atoms with Crippen LogP contribution in [0, 0.1) is 41.4 Å². The molecule has 0 unspecified atom stereocenters. The van der Waals surface area contributed by atoms with E-state index in [4.69, 9.17) is 9.47 Å². The number of carbonyl (C=O) groups is 1. The van der Waals surface area contributed by atoms with E-state index in [1.807, 2.05) is 31.2 Å². The van der Waals surface area contributed by atoms with Gasteiger partial charge in [-0.3, -0.25) is 0 Å². The smallest absolute Gasteiger partial charge is 0.430 e. The van der Waals surface area contributed by atoms with Gasteiger partial charge in [0.2, 0.25) is 0 Å². The summed E-state index contributed by atoms with van der Waals surface area (Å²) in [6.45, 7) is 9.48. The van der Waals surface area contributed by atoms with E-state index in [-0.39, 0.29) is 11.5 Å². The molecule has 38 heavy (non-hydrogen) atoms. The van der Waals surface area contributed by atoms with Crippen molar-refractivity contribution in [3.63, 3.8) is 0 Å². The minimum absolute atomic E-state index is 0.0653. The van der Waals surface area contributed by atoms with Crippen LogP contribution in [-0.2, 0) is 4.74 Å². The zero-order valence-electron chi connectivity index (χ0n) is 24.6. The molecule has 0 amide bonds. The Morgan fingerprint density at radius 2 is 1.74 bits per heavy atom. The number of ether oxygens (including phenoxy) is 2. The van der Waals surface area contributed by atoms with Gasteiger partial charge in [0.1, 0.15) is 11.9 Å². The number of aryl methyl sites for hydroxylation is 1. The van der Waals surface area contributed by atoms with Crippen LogP contribution in [0.25, 0.3) is 0 Å². The maximum Gasteiger partial charge on any atom is 0.514 e. The summed E-state index contributed by atoms with van der Waals surface area (Å²) in [6.07, 6.45) is 21.8. The number of fused-ring (bicyclic) bond motifs is 5. The molecule has 3 heteroatoms. The van der Waals surface area contributed by atoms with Gasteiger partial charge in [0, 0.05) is 6.42 Å². The van der Waals surface area contributed by atoms with Crippen molar-refractivity contribution < 1.29 is 14.3 Å². The zero-order valence-corrected chi connectivity index (χ0v) is 24.6. The molecule has 3 saturated carbocycles. The third-order valence-electron chi connectivity index (χ3n) is 11.7. The molecule has 1 aromatic carbocycles. The topological polar surface area (TPSA) is 35.5 Å². The van der Waals surface area contributed by atoms with Crippen molar-refractivity contribution in [1.29, 1.82) is 0 Å². The number of para-hydroxylation sites is 1. The second-order valence-electron chi connectivity index (χ2n) is 13.7. The fraction of sp³-hybridized carbons (Fsp3) is 0.743. The third kappa shape index (κ3) is 5.46. The molecule has 0 heterocycles. The van der Waals surface area contributed by atoms with Gasteiger partial charge in [-0.25, -0.2) is 4.79 Å². The molecule has 3 fully saturated rings. The van der Waals surface area contributed by atoms with Crippen LogP contribution in [0.4, 0.5) is 4.79 Å². The second-order valence-corrected chi connectivity index (χ2v) is 13.7. The Labute approximate surface area is 232 Å². The highest BCUT2D eigenvalue weighted by atomic mass is 16.7. The van der Waals surface area contributed by atoms with E-state index in [0.717, 1.165) is 48.5 Å². The summed E-state index contributed by atoms with van der Waals surface area (Å²) in [5, 5.41) is 0. The molecule has 3 nitrogen and oxygen atoms in total. The molecule has 0 N–H and O–H groups in total. The van der Waals surface area contributed by atoms with Crippen LogP contribution in [0.1, 0.15) is 123 Å². The summed E-state index contributed by atoms with van der Waals surface area (Å²) in [5.41, 5.74) is 3.35. The molecule has 0 bridgehead atoms. The Balaban J connectivity index is 1.18. The van der Waals surface area contributed by atoms with Gasteiger partial charge in [0.15, 0.2) is 0 Å². The maximum absolute atomic E-state index is 12.6. The number of rotatable bonds is 9. The van der Waals surface area contributed by atoms with Crippen molar-refractivity contribution in [3.05, 3.63) is 41.5 Å². The number of hydrogen-bond donors (Lipinski definition) is 0. The Morgan fingerprint density at radius 3 is 2.55 bits per heavy atom. The van der Waals surface area contributed by atoms with Crippen molar-refractivity contribution in [2.75, 3.05) is 0 Å². The molecular weight excluding hydrogens is 468 g/mol. The Hall–Kier alpha value is -1.77. The van der Waals surface area contributed by atoms with Gasteiger partial charge in [-0.15, -0.1) is 0 Å². The van der Waals surface area contributed by atoms with E-state index in [2.05, 4.69) is 26.8 Å². The summed E-state index contributed by atoms with van der Waals surface area (Å²) in [6, 6.07) is 7.62. The average molecular weight is 521 g/mol. The third-order valence-corrected chi connectivity index (χ3v) is 11.7. The summed E-state index contributed by atoms with van der Waals surface area (Å²) in [7, 11) is 0. The number of unbranched alkanes of at least 4 members (excludes halogenated alkanes) is 5. The van der Waals surface area contributed by atoms with Gasteiger partial charge in [-0.05, 0) is 104 Å². The van der Waals surface area contributed by atoms with Gasteiger partial charge in [0.05, 0.1) is 0 Å². The van der Waals surface area contributed by atoms with Gasteiger partial charge in [0.25, 0.3) is 0 Å². The van der Waals surface area contributed by atoms with Gasteiger partial charge in [-0.2, -0.15) is 0 Å². The summed E-state index contributed by atoms with van der Waals surface area (Å²) < 4.78 is 11.4. The van der Waals surface area contributed by atoms with Gasteiger partial charge in [-0.1, -0.05) is 89.1 Å². The van der Waals surface area contributed by atoms with Crippen molar-refractivity contribution >= 4 is 6.16 Å². The van der Waals surface area contributed by atoms with Crippen LogP contribution in [0.3, 0.4) is 0 Å². The van der Waals surface area contributed by atoms with Crippen molar-refractivity contribution in [2.45, 2.75) is 130 Å². The number of hydrogen-bond acceptors (Lipinski definition) is 3. The van der Waals surface area contributed by atoms with E-state index >= 15 is 0 Å². The predicted molar refractivity (Wildman–Crippen MR) is 155 cm³/mol. The molecule has 0 aliphatic heterocycles. The maximum atomic E-state index is 12.6. The highest BCUT2D eigenvalue weighted by Gasteiger charge is 2.58. The van der Waals surface area contributed by atoms with Gasteiger partial charge >= 0.3 is 6.16 Å². The molecular formula is C35H52O3. The van der Waals surface area contributed by atoms with Crippen LogP contribution < -0.4 is 4.74 Å². The van der Waals surface area contributed by atoms with Crippen LogP contribution in [-0.4, -0.2) is 12.3 Å². The van der Waals surface area contributed by atoms with E-state index < -0.39 is 6.16 Å². The Kier molecular flexibility index (Phi) is 8.60. The van der Waals surface area contributed by atoms with E-state index in [1.54, 1.807) is 5.57 Å². The first-order valence-corrected chi connectivity index (χ1v) is 16.0. The van der Waals surface area contributed by atoms with E-state index in [1.165, 1.54) is 77.0 Å². The van der Waals surface area contributed by atoms with Crippen LogP contribution in [0.5, 0.6) is 5.75 Å². The second kappa shape index (κ2) is 11.8. The van der Waals surface area contributed by atoms with E-state index in [9.17, 15) is 4.79 Å². The fourth-order valence-corrected chi connectivity index (χ4v) is 9.40. The molecule has 4 aliphatic carbocycles. The van der Waals surface area contributed by atoms with E-state index in [0.29, 0.717) is 11.2 Å². The Morgan fingerprint density at radius 1 is 0.947 bits per heavy atom. The average Bonchev–Trinajstić information content (AvgIpc) is 3.24. The highest BCUT2D eigenvalue weighted by molar-refractivity contribution is 5.64. The lowest BCUT2D eigenvalue weighted by molar-refractivity contribution is -0.0538. The minimum Gasteiger partial charge on any atom is -0.430 e. The number of carbonyl (C=O) groups excluding carboxylic acids is 1. The van der Waals surface area contributed by atoms with Crippen LogP contribution in [0.2, 0.25) is 0 Å². The standard InChI is InChI=1S/C35H52O3/c1-5-6-7-8-9-10-14-26-17-19-30-29-18-16-27-24-28(37-33(36)38-32-15-12-11-13-25(32)2)20-22-35(27,4)31(29)21-23-34(26,30)3/h11-13,15-16,26,28-31H,5-10,14,17-24H2,1-4H3/t26-,28+,29+,30-,31-,34-,35+/m1/s1. The monoisotopic (exact) mass is 520 g/mol. The largest absolute Gasteiger partial charge is 0.514 e. The molecule has 1 aromatic rings. The van der Waals surface area contributed by atoms with Crippen molar-refractivity contribution in [2.24, 2.45) is 34.5 Å². The molecule has 0 saturated heterocycles. The minimum atomic E-state index is -0.557. The van der Waals surface area contributed by atoms with Crippen LogP contribution in [0.15, 0.2) is 35.9 Å². The summed E-state index contributed by atoms with van der Waals surface area (Å²) in [4.78, 5) is 12.6. The number of allylic oxidation sites excluding steroid dienone is 1. The molecule has 210 valence electrons. The molecule has 7 atom stereocenters. The highest BCUT2D eigenvalue weighted by Crippen LogP contribution is 2.66. The molecule has 5 rings (SSSR count). The van der Waals surface area contributed by atoms with Crippen LogP contribution >= 0.6 is 0 Å². The summed E-state index contributed by atoms with van der Waals surface area (Å²) in [5.74, 6) is 4.09. The first kappa shape index (κ1) is 27.8. The lowest BCUT2D eigenvalue weighted by atomic mass is 9.47. The molecule has 0 spiro atoms. The molecule has 0 aromatic heterocycles. The summed E-state index contributed by atoms with van der Waals surface area (Å²) >= 11 is 0. The SMILES string of the molecule is CCCCCCCC[C@@H]1CC[C@@H]2[C@@H]3CC=C4C[C@@H](OC(=O)Oc5ccccc5C)CC[C@]4(C)[C@@H]3CC[C@]12C. The van der Waals surface area contributed by atoms with Crippen molar-refractivity contribution in [3.8, 4) is 5.75 Å². The normalized spacial score (nSPS) is 36.0.